The van der Waals surface area contributed by atoms with Gasteiger partial charge in [-0.25, -0.2) is 13.1 Å². The Balaban J connectivity index is 3.36. The summed E-state index contributed by atoms with van der Waals surface area (Å²) in [5.41, 5.74) is -0.306. The molecule has 0 aliphatic carbocycles. The zero-order chi connectivity index (χ0) is 13.9. The quantitative estimate of drug-likeness (QED) is 0.644. The zero-order valence-corrected chi connectivity index (χ0v) is 11.0. The van der Waals surface area contributed by atoms with E-state index < -0.39 is 14.9 Å². The van der Waals surface area contributed by atoms with Crippen molar-refractivity contribution in [3.63, 3.8) is 0 Å². The lowest BCUT2D eigenvalue weighted by Gasteiger charge is -2.12. The Kier molecular flexibility index (Phi) is 4.25. The van der Waals surface area contributed by atoms with Gasteiger partial charge in [-0.3, -0.25) is 10.1 Å². The molecule has 0 saturated carbocycles. The van der Waals surface area contributed by atoms with Crippen LogP contribution in [0.2, 0.25) is 0 Å². The molecule has 1 N–H and O–H groups in total. The van der Waals surface area contributed by atoms with Crippen LogP contribution in [0.25, 0.3) is 0 Å². The first-order chi connectivity index (χ1) is 8.27. The van der Waals surface area contributed by atoms with Crippen LogP contribution in [0.15, 0.2) is 23.1 Å². The van der Waals surface area contributed by atoms with Crippen molar-refractivity contribution in [2.24, 2.45) is 0 Å². The largest absolute Gasteiger partial charge is 0.495 e. The Morgan fingerprint density at radius 2 is 2.00 bits per heavy atom. The van der Waals surface area contributed by atoms with Crippen LogP contribution in [0.5, 0.6) is 5.75 Å². The molecule has 8 heteroatoms. The molecule has 1 aromatic carbocycles. The molecule has 0 atom stereocenters. The predicted octanol–water partition coefficient (Wildman–Crippen LogP) is 1.29. The van der Waals surface area contributed by atoms with Crippen LogP contribution in [-0.4, -0.2) is 26.5 Å². The minimum Gasteiger partial charge on any atom is -0.495 e. The molecule has 0 amide bonds. The normalized spacial score (nSPS) is 11.6. The van der Waals surface area contributed by atoms with Gasteiger partial charge in [0.2, 0.25) is 10.0 Å². The number of ether oxygens (including phenoxy) is 1. The van der Waals surface area contributed by atoms with Crippen LogP contribution < -0.4 is 9.46 Å². The van der Waals surface area contributed by atoms with Gasteiger partial charge in [0, 0.05) is 18.2 Å². The lowest BCUT2D eigenvalue weighted by Crippen LogP contribution is -2.30. The van der Waals surface area contributed by atoms with Gasteiger partial charge in [-0.05, 0) is 19.9 Å². The first-order valence-corrected chi connectivity index (χ1v) is 6.61. The van der Waals surface area contributed by atoms with Crippen LogP contribution in [-0.2, 0) is 10.0 Å². The maximum Gasteiger partial charge on any atom is 0.271 e. The van der Waals surface area contributed by atoms with Crippen molar-refractivity contribution >= 4 is 15.7 Å². The van der Waals surface area contributed by atoms with Gasteiger partial charge in [-0.1, -0.05) is 0 Å². The molecule has 0 unspecified atom stereocenters. The molecule has 0 aliphatic rings. The van der Waals surface area contributed by atoms with Gasteiger partial charge in [-0.15, -0.1) is 0 Å². The fourth-order valence-corrected chi connectivity index (χ4v) is 2.80. The number of nitro groups is 1. The molecular formula is C10H14N2O5S. The first kappa shape index (κ1) is 14.4. The van der Waals surface area contributed by atoms with Crippen molar-refractivity contribution in [2.75, 3.05) is 7.11 Å². The molecule has 0 radical (unpaired) electrons. The summed E-state index contributed by atoms with van der Waals surface area (Å²) in [6.07, 6.45) is 0. The maximum atomic E-state index is 12.0. The number of nitrogens with one attached hydrogen (secondary N) is 1. The van der Waals surface area contributed by atoms with Crippen molar-refractivity contribution in [3.8, 4) is 5.75 Å². The smallest absolute Gasteiger partial charge is 0.271 e. The van der Waals surface area contributed by atoms with Crippen molar-refractivity contribution < 1.29 is 18.1 Å². The Bertz CT molecular complexity index is 553. The summed E-state index contributed by atoms with van der Waals surface area (Å²) >= 11 is 0. The SMILES string of the molecule is COc1ccc([N+](=O)[O-])cc1S(=O)(=O)NC(C)C. The fourth-order valence-electron chi connectivity index (χ4n) is 1.36. The highest BCUT2D eigenvalue weighted by atomic mass is 32.2. The van der Waals surface area contributed by atoms with E-state index in [1.807, 2.05) is 0 Å². The van der Waals surface area contributed by atoms with E-state index in [1.165, 1.54) is 19.2 Å². The summed E-state index contributed by atoms with van der Waals surface area (Å²) in [6, 6.07) is 3.10. The zero-order valence-electron chi connectivity index (χ0n) is 10.2. The van der Waals surface area contributed by atoms with Gasteiger partial charge in [0.1, 0.15) is 10.6 Å². The van der Waals surface area contributed by atoms with Crippen LogP contribution >= 0.6 is 0 Å². The molecule has 18 heavy (non-hydrogen) atoms. The first-order valence-electron chi connectivity index (χ1n) is 5.12. The summed E-state index contributed by atoms with van der Waals surface area (Å²) < 4.78 is 31.2. The van der Waals surface area contributed by atoms with Gasteiger partial charge >= 0.3 is 0 Å². The van der Waals surface area contributed by atoms with Gasteiger partial charge in [-0.2, -0.15) is 0 Å². The van der Waals surface area contributed by atoms with Crippen molar-refractivity contribution in [3.05, 3.63) is 28.3 Å². The summed E-state index contributed by atoms with van der Waals surface area (Å²) in [4.78, 5) is 9.75. The third-order valence-corrected chi connectivity index (χ3v) is 3.72. The van der Waals surface area contributed by atoms with Crippen molar-refractivity contribution in [1.29, 1.82) is 0 Å². The molecule has 0 heterocycles. The number of rotatable bonds is 5. The van der Waals surface area contributed by atoms with Crippen LogP contribution in [0.1, 0.15) is 13.8 Å². The van der Waals surface area contributed by atoms with E-state index in [2.05, 4.69) is 4.72 Å². The molecule has 0 spiro atoms. The molecule has 1 rings (SSSR count). The Hall–Kier alpha value is -1.67. The minimum absolute atomic E-state index is 0.0637. The molecule has 100 valence electrons. The highest BCUT2D eigenvalue weighted by Gasteiger charge is 2.23. The van der Waals surface area contributed by atoms with Gasteiger partial charge in [0.05, 0.1) is 12.0 Å². The molecule has 0 saturated heterocycles. The van der Waals surface area contributed by atoms with Gasteiger partial charge in [0.25, 0.3) is 5.69 Å². The Morgan fingerprint density at radius 1 is 1.39 bits per heavy atom. The Labute approximate surface area is 105 Å². The number of nitrogens with zero attached hydrogens (tertiary/aromatic N) is 1. The number of benzene rings is 1. The van der Waals surface area contributed by atoms with Crippen LogP contribution in [0.3, 0.4) is 0 Å². The highest BCUT2D eigenvalue weighted by Crippen LogP contribution is 2.28. The van der Waals surface area contributed by atoms with E-state index >= 15 is 0 Å². The topological polar surface area (TPSA) is 98.5 Å². The fraction of sp³-hybridized carbons (Fsp3) is 0.400. The van der Waals surface area contributed by atoms with Gasteiger partial charge < -0.3 is 4.74 Å². The number of methoxy groups -OCH3 is 1. The number of hydrogen-bond acceptors (Lipinski definition) is 5. The number of sulfonamides is 1. The maximum absolute atomic E-state index is 12.0. The molecule has 1 aromatic rings. The summed E-state index contributed by atoms with van der Waals surface area (Å²) in [6.45, 7) is 3.31. The second-order valence-corrected chi connectivity index (χ2v) is 5.55. The molecule has 7 nitrogen and oxygen atoms in total. The lowest BCUT2D eigenvalue weighted by molar-refractivity contribution is -0.385. The van der Waals surface area contributed by atoms with Crippen molar-refractivity contribution in [1.82, 2.24) is 4.72 Å². The average Bonchev–Trinajstić information content (AvgIpc) is 2.26. The van der Waals surface area contributed by atoms with E-state index in [1.54, 1.807) is 13.8 Å². The summed E-state index contributed by atoms with van der Waals surface area (Å²) in [5.74, 6) is 0.0637. The third-order valence-electron chi connectivity index (χ3n) is 2.04. The molecule has 0 aromatic heterocycles. The molecule has 0 aliphatic heterocycles. The molecule has 0 bridgehead atoms. The summed E-state index contributed by atoms with van der Waals surface area (Å²) in [5, 5.41) is 10.7. The predicted molar refractivity (Wildman–Crippen MR) is 65.1 cm³/mol. The molecule has 0 fully saturated rings. The second-order valence-electron chi connectivity index (χ2n) is 3.87. The van der Waals surface area contributed by atoms with Crippen LogP contribution in [0.4, 0.5) is 5.69 Å². The monoisotopic (exact) mass is 274 g/mol. The third kappa shape index (κ3) is 3.17. The Morgan fingerprint density at radius 3 is 2.44 bits per heavy atom. The molecular weight excluding hydrogens is 260 g/mol. The van der Waals surface area contributed by atoms with E-state index in [4.69, 9.17) is 4.74 Å². The lowest BCUT2D eigenvalue weighted by atomic mass is 10.3. The van der Waals surface area contributed by atoms with Crippen molar-refractivity contribution in [2.45, 2.75) is 24.8 Å². The van der Waals surface area contributed by atoms with E-state index in [9.17, 15) is 18.5 Å². The average molecular weight is 274 g/mol. The highest BCUT2D eigenvalue weighted by molar-refractivity contribution is 7.89. The van der Waals surface area contributed by atoms with E-state index in [-0.39, 0.29) is 22.4 Å². The number of nitro benzene ring substituents is 1. The number of hydrogen-bond donors (Lipinski definition) is 1. The van der Waals surface area contributed by atoms with Crippen LogP contribution in [0, 0.1) is 10.1 Å². The minimum atomic E-state index is -3.84. The van der Waals surface area contributed by atoms with Gasteiger partial charge in [0.15, 0.2) is 0 Å². The summed E-state index contributed by atoms with van der Waals surface area (Å²) in [7, 11) is -2.54. The standard InChI is InChI=1S/C10H14N2O5S/c1-7(2)11-18(15,16)10-6-8(12(13)14)4-5-9(10)17-3/h4-7,11H,1-3H3. The number of non-ortho nitro benzene ring substituents is 1. The van der Waals surface area contributed by atoms with E-state index in [0.29, 0.717) is 0 Å². The van der Waals surface area contributed by atoms with E-state index in [0.717, 1.165) is 6.07 Å². The second kappa shape index (κ2) is 5.32.